The van der Waals surface area contributed by atoms with Crippen LogP contribution >= 0.6 is 15.9 Å². The van der Waals surface area contributed by atoms with Crippen LogP contribution in [0.2, 0.25) is 0 Å². The number of rotatable bonds is 5. The van der Waals surface area contributed by atoms with Crippen LogP contribution in [-0.4, -0.2) is 13.2 Å². The largest absolute Gasteiger partial charge is 0.493 e. The fourth-order valence-corrected chi connectivity index (χ4v) is 2.41. The van der Waals surface area contributed by atoms with Crippen LogP contribution in [-0.2, 0) is 0 Å². The molecule has 94 valence electrons. The van der Waals surface area contributed by atoms with Crippen molar-refractivity contribution in [2.24, 2.45) is 11.7 Å². The molecule has 1 aromatic rings. The Labute approximate surface area is 112 Å². The van der Waals surface area contributed by atoms with Gasteiger partial charge in [0.1, 0.15) is 5.75 Å². The Morgan fingerprint density at radius 2 is 2.24 bits per heavy atom. The molecule has 1 atom stereocenters. The first-order valence-corrected chi connectivity index (χ1v) is 7.12. The molecule has 1 aliphatic rings. The standard InChI is InChI=1S/C14H20BrNO/c1-10(8-16)13-7-12(15)5-6-14(13)17-9-11-3-2-4-11/h5-7,10-11H,2-4,8-9,16H2,1H3. The van der Waals surface area contributed by atoms with Crippen molar-refractivity contribution in [3.05, 3.63) is 28.2 Å². The minimum Gasteiger partial charge on any atom is -0.493 e. The summed E-state index contributed by atoms with van der Waals surface area (Å²) in [6, 6.07) is 6.20. The van der Waals surface area contributed by atoms with Crippen molar-refractivity contribution in [3.8, 4) is 5.75 Å². The van der Waals surface area contributed by atoms with Crippen LogP contribution in [0, 0.1) is 5.92 Å². The van der Waals surface area contributed by atoms with Gasteiger partial charge in [-0.25, -0.2) is 0 Å². The predicted octanol–water partition coefficient (Wildman–Crippen LogP) is 3.69. The molecular weight excluding hydrogens is 278 g/mol. The summed E-state index contributed by atoms with van der Waals surface area (Å²) < 4.78 is 7.03. The van der Waals surface area contributed by atoms with E-state index in [0.29, 0.717) is 12.5 Å². The second kappa shape index (κ2) is 5.87. The van der Waals surface area contributed by atoms with Gasteiger partial charge in [0.2, 0.25) is 0 Å². The van der Waals surface area contributed by atoms with Crippen LogP contribution in [0.15, 0.2) is 22.7 Å². The van der Waals surface area contributed by atoms with Gasteiger partial charge in [-0.3, -0.25) is 0 Å². The van der Waals surface area contributed by atoms with Crippen LogP contribution in [0.3, 0.4) is 0 Å². The van der Waals surface area contributed by atoms with Crippen molar-refractivity contribution < 1.29 is 4.74 Å². The van der Waals surface area contributed by atoms with Crippen molar-refractivity contribution in [1.82, 2.24) is 0 Å². The molecule has 1 unspecified atom stereocenters. The van der Waals surface area contributed by atoms with E-state index in [1.165, 1.54) is 24.8 Å². The Hall–Kier alpha value is -0.540. The Kier molecular flexibility index (Phi) is 4.46. The third-order valence-corrected chi connectivity index (χ3v) is 4.05. The molecule has 2 nitrogen and oxygen atoms in total. The van der Waals surface area contributed by atoms with E-state index in [0.717, 1.165) is 22.7 Å². The first kappa shape index (κ1) is 12.9. The van der Waals surface area contributed by atoms with Crippen molar-refractivity contribution in [2.45, 2.75) is 32.1 Å². The third-order valence-electron chi connectivity index (χ3n) is 3.56. The molecule has 2 N–H and O–H groups in total. The van der Waals surface area contributed by atoms with Crippen LogP contribution in [0.1, 0.15) is 37.7 Å². The van der Waals surface area contributed by atoms with Gasteiger partial charge in [-0.05, 0) is 55.0 Å². The van der Waals surface area contributed by atoms with Gasteiger partial charge in [-0.1, -0.05) is 29.3 Å². The topological polar surface area (TPSA) is 35.2 Å². The molecule has 17 heavy (non-hydrogen) atoms. The Morgan fingerprint density at radius 3 is 2.82 bits per heavy atom. The zero-order valence-electron chi connectivity index (χ0n) is 10.3. The Bertz CT molecular complexity index is 376. The van der Waals surface area contributed by atoms with E-state index in [2.05, 4.69) is 28.9 Å². The minimum absolute atomic E-state index is 0.337. The molecule has 1 saturated carbocycles. The monoisotopic (exact) mass is 297 g/mol. The first-order valence-electron chi connectivity index (χ1n) is 6.33. The lowest BCUT2D eigenvalue weighted by Gasteiger charge is -2.26. The van der Waals surface area contributed by atoms with E-state index in [4.69, 9.17) is 10.5 Å². The minimum atomic E-state index is 0.337. The summed E-state index contributed by atoms with van der Waals surface area (Å²) >= 11 is 3.50. The van der Waals surface area contributed by atoms with Crippen molar-refractivity contribution in [2.75, 3.05) is 13.2 Å². The summed E-state index contributed by atoms with van der Waals surface area (Å²) in [5.41, 5.74) is 6.95. The van der Waals surface area contributed by atoms with Gasteiger partial charge in [0.15, 0.2) is 0 Å². The van der Waals surface area contributed by atoms with E-state index < -0.39 is 0 Å². The summed E-state index contributed by atoms with van der Waals surface area (Å²) in [4.78, 5) is 0. The SMILES string of the molecule is CC(CN)c1cc(Br)ccc1OCC1CCC1. The third kappa shape index (κ3) is 3.23. The second-order valence-corrected chi connectivity index (χ2v) is 5.84. The smallest absolute Gasteiger partial charge is 0.122 e. The lowest BCUT2D eigenvalue weighted by Crippen LogP contribution is -2.20. The zero-order chi connectivity index (χ0) is 12.3. The summed E-state index contributed by atoms with van der Waals surface area (Å²) in [6.07, 6.45) is 4.00. The molecular formula is C14H20BrNO. The molecule has 0 saturated heterocycles. The van der Waals surface area contributed by atoms with Gasteiger partial charge in [-0.15, -0.1) is 0 Å². The van der Waals surface area contributed by atoms with Gasteiger partial charge < -0.3 is 10.5 Å². The van der Waals surface area contributed by atoms with E-state index in [9.17, 15) is 0 Å². The average Bonchev–Trinajstić information content (AvgIpc) is 2.27. The molecule has 2 rings (SSSR count). The number of halogens is 1. The summed E-state index contributed by atoms with van der Waals surface area (Å²) in [6.45, 7) is 3.64. The zero-order valence-corrected chi connectivity index (χ0v) is 11.9. The number of ether oxygens (including phenoxy) is 1. The van der Waals surface area contributed by atoms with Crippen molar-refractivity contribution >= 4 is 15.9 Å². The predicted molar refractivity (Wildman–Crippen MR) is 74.4 cm³/mol. The molecule has 1 fully saturated rings. The number of nitrogens with two attached hydrogens (primary N) is 1. The number of hydrogen-bond donors (Lipinski definition) is 1. The molecule has 1 aromatic carbocycles. The number of hydrogen-bond acceptors (Lipinski definition) is 2. The molecule has 0 radical (unpaired) electrons. The second-order valence-electron chi connectivity index (χ2n) is 4.93. The van der Waals surface area contributed by atoms with Gasteiger partial charge in [0.25, 0.3) is 0 Å². The molecule has 0 heterocycles. The van der Waals surface area contributed by atoms with E-state index in [1.807, 2.05) is 12.1 Å². The quantitative estimate of drug-likeness (QED) is 0.899. The summed E-state index contributed by atoms with van der Waals surface area (Å²) in [7, 11) is 0. The molecule has 3 heteroatoms. The van der Waals surface area contributed by atoms with Gasteiger partial charge >= 0.3 is 0 Å². The van der Waals surface area contributed by atoms with Crippen molar-refractivity contribution in [1.29, 1.82) is 0 Å². The lowest BCUT2D eigenvalue weighted by atomic mass is 9.86. The highest BCUT2D eigenvalue weighted by atomic mass is 79.9. The Balaban J connectivity index is 2.07. The van der Waals surface area contributed by atoms with Crippen LogP contribution in [0.25, 0.3) is 0 Å². The first-order chi connectivity index (χ1) is 8.20. The van der Waals surface area contributed by atoms with Gasteiger partial charge in [0, 0.05) is 4.47 Å². The molecule has 0 amide bonds. The lowest BCUT2D eigenvalue weighted by molar-refractivity contribution is 0.179. The normalized spacial score (nSPS) is 17.6. The highest BCUT2D eigenvalue weighted by Gasteiger charge is 2.19. The summed E-state index contributed by atoms with van der Waals surface area (Å²) in [5, 5.41) is 0. The van der Waals surface area contributed by atoms with E-state index in [-0.39, 0.29) is 0 Å². The maximum Gasteiger partial charge on any atom is 0.122 e. The fraction of sp³-hybridized carbons (Fsp3) is 0.571. The molecule has 0 bridgehead atoms. The molecule has 0 spiro atoms. The molecule has 0 aromatic heterocycles. The van der Waals surface area contributed by atoms with Gasteiger partial charge in [0.05, 0.1) is 6.61 Å². The van der Waals surface area contributed by atoms with Crippen molar-refractivity contribution in [3.63, 3.8) is 0 Å². The van der Waals surface area contributed by atoms with E-state index >= 15 is 0 Å². The highest BCUT2D eigenvalue weighted by Crippen LogP contribution is 2.32. The van der Waals surface area contributed by atoms with Crippen LogP contribution in [0.4, 0.5) is 0 Å². The van der Waals surface area contributed by atoms with Gasteiger partial charge in [-0.2, -0.15) is 0 Å². The Morgan fingerprint density at radius 1 is 1.47 bits per heavy atom. The fourth-order valence-electron chi connectivity index (χ4n) is 2.03. The maximum absolute atomic E-state index is 5.94. The molecule has 0 aliphatic heterocycles. The summed E-state index contributed by atoms with van der Waals surface area (Å²) in [5.74, 6) is 2.10. The molecule has 1 aliphatic carbocycles. The van der Waals surface area contributed by atoms with E-state index in [1.54, 1.807) is 0 Å². The average molecular weight is 298 g/mol. The van der Waals surface area contributed by atoms with Crippen LogP contribution in [0.5, 0.6) is 5.75 Å². The number of benzene rings is 1. The highest BCUT2D eigenvalue weighted by molar-refractivity contribution is 9.10. The van der Waals surface area contributed by atoms with Crippen LogP contribution < -0.4 is 10.5 Å². The maximum atomic E-state index is 5.94.